The molecule has 0 N–H and O–H groups in total. The summed E-state index contributed by atoms with van der Waals surface area (Å²) in [5.41, 5.74) is 0.660. The molecule has 0 bridgehead atoms. The molecule has 1 saturated carbocycles. The first-order valence-corrected chi connectivity index (χ1v) is 7.65. The Morgan fingerprint density at radius 3 is 2.44 bits per heavy atom. The normalized spacial score (nSPS) is 18.4. The summed E-state index contributed by atoms with van der Waals surface area (Å²) in [7, 11) is 1.84. The van der Waals surface area contributed by atoms with Crippen LogP contribution in [0.1, 0.15) is 18.4 Å². The van der Waals surface area contributed by atoms with Crippen molar-refractivity contribution in [3.05, 3.63) is 28.0 Å². The summed E-state index contributed by atoms with van der Waals surface area (Å²) in [6.07, 6.45) is 2.92. The van der Waals surface area contributed by atoms with Gasteiger partial charge in [0.05, 0.1) is 4.75 Å². The van der Waals surface area contributed by atoms with E-state index in [-0.39, 0.29) is 5.15 Å². The van der Waals surface area contributed by atoms with E-state index in [1.165, 1.54) is 12.3 Å². The molecule has 1 heterocycles. The van der Waals surface area contributed by atoms with E-state index < -0.39 is 13.8 Å². The Kier molecular flexibility index (Phi) is 3.12. The second-order valence-corrected chi connectivity index (χ2v) is 7.65. The minimum atomic E-state index is -3.56. The number of pyridine rings is 1. The Morgan fingerprint density at radius 1 is 1.38 bits per heavy atom. The van der Waals surface area contributed by atoms with Crippen LogP contribution in [0.4, 0.5) is 0 Å². The van der Waals surface area contributed by atoms with Gasteiger partial charge in [-0.1, -0.05) is 23.2 Å². The molecule has 0 radical (unpaired) electrons. The van der Waals surface area contributed by atoms with Crippen molar-refractivity contribution in [1.82, 2.24) is 4.98 Å². The molecular weight excluding hydrogens is 293 g/mol. The molecular formula is C9H8Cl3NO2S. The van der Waals surface area contributed by atoms with Gasteiger partial charge in [-0.05, 0) is 30.9 Å². The molecule has 0 atom stereocenters. The Morgan fingerprint density at radius 2 is 2.00 bits per heavy atom. The van der Waals surface area contributed by atoms with Crippen LogP contribution in [0.15, 0.2) is 12.3 Å². The van der Waals surface area contributed by atoms with Gasteiger partial charge >= 0.3 is 0 Å². The maximum absolute atomic E-state index is 11.4. The van der Waals surface area contributed by atoms with Crippen molar-refractivity contribution < 1.29 is 8.42 Å². The minimum Gasteiger partial charge on any atom is -0.244 e. The predicted molar refractivity (Wildman–Crippen MR) is 64.7 cm³/mol. The number of aromatic nitrogens is 1. The highest BCUT2D eigenvalue weighted by Gasteiger charge is 2.53. The van der Waals surface area contributed by atoms with Crippen molar-refractivity contribution in [2.75, 3.05) is 0 Å². The summed E-state index contributed by atoms with van der Waals surface area (Å²) in [6.45, 7) is 0. The van der Waals surface area contributed by atoms with Crippen molar-refractivity contribution in [2.45, 2.75) is 24.0 Å². The lowest BCUT2D eigenvalue weighted by Gasteiger charge is -2.11. The summed E-state index contributed by atoms with van der Waals surface area (Å²) in [6, 6.07) is 1.50. The number of hydrogen-bond acceptors (Lipinski definition) is 3. The van der Waals surface area contributed by atoms with Gasteiger partial charge in [-0.3, -0.25) is 0 Å². The zero-order valence-corrected chi connectivity index (χ0v) is 11.2. The maximum atomic E-state index is 11.4. The molecule has 0 aromatic carbocycles. The number of halogens is 3. The SMILES string of the molecule is O=S(=O)(Cl)C1(Cc2cnc(Cl)cc2Cl)CC1. The Hall–Kier alpha value is -0.0300. The van der Waals surface area contributed by atoms with Gasteiger partial charge in [0.1, 0.15) is 5.15 Å². The molecule has 0 aliphatic heterocycles. The molecule has 3 nitrogen and oxygen atoms in total. The van der Waals surface area contributed by atoms with Crippen molar-refractivity contribution in [3.63, 3.8) is 0 Å². The monoisotopic (exact) mass is 299 g/mol. The standard InChI is InChI=1S/C9H8Cl3NO2S/c10-7-3-8(11)13-5-6(7)4-9(1-2-9)16(12,14)15/h3,5H,1-2,4H2. The van der Waals surface area contributed by atoms with Crippen LogP contribution in [-0.2, 0) is 15.5 Å². The molecule has 0 unspecified atom stereocenters. The smallest absolute Gasteiger partial charge is 0.238 e. The summed E-state index contributed by atoms with van der Waals surface area (Å²) in [4.78, 5) is 3.88. The molecule has 1 aliphatic rings. The molecule has 0 saturated heterocycles. The number of nitrogens with zero attached hydrogens (tertiary/aromatic N) is 1. The van der Waals surface area contributed by atoms with Crippen molar-refractivity contribution in [1.29, 1.82) is 0 Å². The molecule has 1 aromatic heterocycles. The lowest BCUT2D eigenvalue weighted by atomic mass is 10.1. The number of hydrogen-bond donors (Lipinski definition) is 0. The zero-order chi connectivity index (χ0) is 12.0. The van der Waals surface area contributed by atoms with E-state index >= 15 is 0 Å². The summed E-state index contributed by atoms with van der Waals surface area (Å²) < 4.78 is 21.9. The van der Waals surface area contributed by atoms with Crippen LogP contribution >= 0.6 is 33.9 Å². The van der Waals surface area contributed by atoms with Crippen molar-refractivity contribution in [3.8, 4) is 0 Å². The lowest BCUT2D eigenvalue weighted by molar-refractivity contribution is 0.590. The van der Waals surface area contributed by atoms with E-state index in [1.807, 2.05) is 0 Å². The van der Waals surface area contributed by atoms with Gasteiger partial charge in [0, 0.05) is 21.9 Å². The largest absolute Gasteiger partial charge is 0.244 e. The van der Waals surface area contributed by atoms with Gasteiger partial charge in [0.25, 0.3) is 0 Å². The molecule has 0 amide bonds. The van der Waals surface area contributed by atoms with Crippen LogP contribution in [-0.4, -0.2) is 18.1 Å². The second-order valence-electron chi connectivity index (χ2n) is 3.90. The first-order chi connectivity index (χ1) is 7.34. The summed E-state index contributed by atoms with van der Waals surface area (Å²) >= 11 is 11.6. The topological polar surface area (TPSA) is 47.0 Å². The van der Waals surface area contributed by atoms with Crippen molar-refractivity contribution in [2.24, 2.45) is 0 Å². The molecule has 0 spiro atoms. The van der Waals surface area contributed by atoms with Crippen LogP contribution in [0.5, 0.6) is 0 Å². The second kappa shape index (κ2) is 4.02. The van der Waals surface area contributed by atoms with E-state index in [0.717, 1.165) is 0 Å². The van der Waals surface area contributed by atoms with Gasteiger partial charge in [-0.2, -0.15) is 0 Å². The Balaban J connectivity index is 2.29. The first-order valence-electron chi connectivity index (χ1n) is 4.58. The molecule has 1 fully saturated rings. The van der Waals surface area contributed by atoms with Crippen LogP contribution in [0.2, 0.25) is 10.2 Å². The fourth-order valence-electron chi connectivity index (χ4n) is 1.56. The average Bonchev–Trinajstić information content (AvgIpc) is 2.90. The van der Waals surface area contributed by atoms with Gasteiger partial charge in [-0.15, -0.1) is 0 Å². The predicted octanol–water partition coefficient (Wildman–Crippen LogP) is 3.03. The minimum absolute atomic E-state index is 0.285. The molecule has 88 valence electrons. The summed E-state index contributed by atoms with van der Waals surface area (Å²) in [5.74, 6) is 0. The molecule has 1 aromatic rings. The van der Waals surface area contributed by atoms with Gasteiger partial charge in [-0.25, -0.2) is 13.4 Å². The fraction of sp³-hybridized carbons (Fsp3) is 0.444. The van der Waals surface area contributed by atoms with E-state index in [2.05, 4.69) is 4.98 Å². The van der Waals surface area contributed by atoms with E-state index in [9.17, 15) is 8.42 Å². The van der Waals surface area contributed by atoms with Gasteiger partial charge in [0.15, 0.2) is 0 Å². The van der Waals surface area contributed by atoms with Gasteiger partial charge in [0.2, 0.25) is 9.05 Å². The lowest BCUT2D eigenvalue weighted by Crippen LogP contribution is -2.21. The molecule has 2 rings (SSSR count). The number of rotatable bonds is 3. The van der Waals surface area contributed by atoms with Crippen LogP contribution in [0, 0.1) is 0 Å². The fourth-order valence-corrected chi connectivity index (χ4v) is 3.54. The zero-order valence-electron chi connectivity index (χ0n) is 8.08. The Bertz CT molecular complexity index is 526. The van der Waals surface area contributed by atoms with Gasteiger partial charge < -0.3 is 0 Å². The van der Waals surface area contributed by atoms with E-state index in [1.54, 1.807) is 0 Å². The first kappa shape index (κ1) is 12.4. The van der Waals surface area contributed by atoms with Crippen molar-refractivity contribution >= 4 is 42.9 Å². The van der Waals surface area contributed by atoms with Crippen LogP contribution in [0.25, 0.3) is 0 Å². The van der Waals surface area contributed by atoms with E-state index in [0.29, 0.717) is 29.8 Å². The summed E-state index contributed by atoms with van der Waals surface area (Å²) in [5, 5.41) is 0.707. The Labute approximate surface area is 108 Å². The average molecular weight is 301 g/mol. The highest BCUT2D eigenvalue weighted by atomic mass is 35.7. The van der Waals surface area contributed by atoms with Crippen LogP contribution < -0.4 is 0 Å². The highest BCUT2D eigenvalue weighted by molar-refractivity contribution is 8.15. The van der Waals surface area contributed by atoms with E-state index in [4.69, 9.17) is 33.9 Å². The molecule has 16 heavy (non-hydrogen) atoms. The molecule has 1 aliphatic carbocycles. The van der Waals surface area contributed by atoms with Crippen LogP contribution in [0.3, 0.4) is 0 Å². The third kappa shape index (κ3) is 2.30. The third-order valence-electron chi connectivity index (χ3n) is 2.73. The quantitative estimate of drug-likeness (QED) is 0.637. The highest BCUT2D eigenvalue weighted by Crippen LogP contribution is 2.48. The third-order valence-corrected chi connectivity index (χ3v) is 5.86. The molecule has 7 heteroatoms. The maximum Gasteiger partial charge on any atom is 0.238 e.